The highest BCUT2D eigenvalue weighted by molar-refractivity contribution is 5.63. The maximum Gasteiger partial charge on any atom is 0.453 e. The predicted molar refractivity (Wildman–Crippen MR) is 182 cm³/mol. The van der Waals surface area contributed by atoms with Gasteiger partial charge in [0.15, 0.2) is 0 Å². The molecule has 0 unspecified atom stereocenters. The Kier molecular flexibility index (Phi) is 8.52. The molecule has 3 aromatic carbocycles. The summed E-state index contributed by atoms with van der Waals surface area (Å²) in [5, 5.41) is 22.1. The van der Waals surface area contributed by atoms with Crippen molar-refractivity contribution >= 4 is 0 Å². The second-order valence-corrected chi connectivity index (χ2v) is 15.2. The van der Waals surface area contributed by atoms with Gasteiger partial charge < -0.3 is 0 Å². The summed E-state index contributed by atoms with van der Waals surface area (Å²) < 4.78 is 55.3. The highest BCUT2D eigenvalue weighted by atomic mass is 19.4. The lowest BCUT2D eigenvalue weighted by molar-refractivity contribution is -0.144. The molecule has 3 aromatic heterocycles. The fraction of sp³-hybridized carbons (Fsp3) is 0.351. The molecule has 0 saturated heterocycles. The Morgan fingerprint density at radius 3 is 2.06 bits per heavy atom. The fourth-order valence-corrected chi connectivity index (χ4v) is 5.75. The van der Waals surface area contributed by atoms with Crippen LogP contribution in [0.25, 0.3) is 28.3 Å². The van der Waals surface area contributed by atoms with Crippen molar-refractivity contribution in [1.29, 1.82) is 0 Å². The van der Waals surface area contributed by atoms with Crippen LogP contribution in [-0.2, 0) is 28.8 Å². The van der Waals surface area contributed by atoms with Gasteiger partial charge in [-0.1, -0.05) is 73.6 Å². The minimum atomic E-state index is -4.64. The summed E-state index contributed by atoms with van der Waals surface area (Å²) in [6.07, 6.45) is 0.385. The largest absolute Gasteiger partial charge is 0.453 e. The van der Waals surface area contributed by atoms with Gasteiger partial charge in [-0.15, -0.1) is 10.2 Å². The molecule has 0 aliphatic carbocycles. The number of alkyl halides is 3. The summed E-state index contributed by atoms with van der Waals surface area (Å²) in [5.41, 5.74) is 5.62. The van der Waals surface area contributed by atoms with Crippen molar-refractivity contribution in [3.63, 3.8) is 0 Å². The van der Waals surface area contributed by atoms with Crippen LogP contribution in [0.1, 0.15) is 83.6 Å². The number of benzene rings is 3. The highest BCUT2D eigenvalue weighted by Crippen LogP contribution is 2.34. The van der Waals surface area contributed by atoms with Crippen molar-refractivity contribution in [1.82, 2.24) is 44.8 Å². The molecule has 6 aromatic rings. The SMILES string of the molecule is CC(C)(C)c1cc(F)cc(-n2ncc(CC(C)(C)c3cccc(-n4ncc(-c5ccc(-n6cnc(C(F)(F)F)n6)c(C(C)(C)C)c5)n4)c3)n2)c1. The van der Waals surface area contributed by atoms with E-state index in [0.29, 0.717) is 23.5 Å². The summed E-state index contributed by atoms with van der Waals surface area (Å²) >= 11 is 0. The van der Waals surface area contributed by atoms with E-state index < -0.39 is 17.4 Å². The molecule has 0 aliphatic heterocycles. The molecule has 0 radical (unpaired) electrons. The molecule has 50 heavy (non-hydrogen) atoms. The first kappa shape index (κ1) is 34.7. The van der Waals surface area contributed by atoms with Crippen LogP contribution < -0.4 is 0 Å². The van der Waals surface area contributed by atoms with Crippen LogP contribution in [0.4, 0.5) is 17.6 Å². The van der Waals surface area contributed by atoms with Gasteiger partial charge in [-0.05, 0) is 69.3 Å². The molecule has 6 rings (SSSR count). The quantitative estimate of drug-likeness (QED) is 0.157. The second kappa shape index (κ2) is 12.3. The van der Waals surface area contributed by atoms with Crippen LogP contribution >= 0.6 is 0 Å². The van der Waals surface area contributed by atoms with E-state index in [1.165, 1.54) is 10.9 Å². The van der Waals surface area contributed by atoms with Gasteiger partial charge in [-0.2, -0.15) is 38.1 Å². The average molecular weight is 686 g/mol. The Balaban J connectivity index is 1.24. The first-order chi connectivity index (χ1) is 23.3. The summed E-state index contributed by atoms with van der Waals surface area (Å²) in [5.74, 6) is -1.53. The molecule has 3 heterocycles. The Morgan fingerprint density at radius 2 is 1.38 bits per heavy atom. The number of nitrogens with zero attached hydrogens (tertiary/aromatic N) is 9. The van der Waals surface area contributed by atoms with Crippen LogP contribution in [0, 0.1) is 5.82 Å². The van der Waals surface area contributed by atoms with Crippen LogP contribution in [0.2, 0.25) is 0 Å². The van der Waals surface area contributed by atoms with Crippen molar-refractivity contribution in [2.75, 3.05) is 0 Å². The molecule has 0 fully saturated rings. The van der Waals surface area contributed by atoms with Crippen molar-refractivity contribution < 1.29 is 17.6 Å². The van der Waals surface area contributed by atoms with E-state index in [1.807, 2.05) is 77.9 Å². The molecule has 0 saturated carbocycles. The molecule has 0 bridgehead atoms. The molecule has 0 N–H and O–H groups in total. The Bertz CT molecular complexity index is 2160. The summed E-state index contributed by atoms with van der Waals surface area (Å²) in [4.78, 5) is 6.49. The van der Waals surface area contributed by atoms with Gasteiger partial charge >= 0.3 is 6.18 Å². The zero-order chi connectivity index (χ0) is 36.2. The molecular weight excluding hydrogens is 646 g/mol. The smallest absolute Gasteiger partial charge is 0.220 e. The van der Waals surface area contributed by atoms with E-state index in [-0.39, 0.29) is 16.6 Å². The topological polar surface area (TPSA) is 92.1 Å². The summed E-state index contributed by atoms with van der Waals surface area (Å²) in [6, 6.07) is 18.2. The molecule has 13 heteroatoms. The van der Waals surface area contributed by atoms with Crippen LogP contribution in [-0.4, -0.2) is 44.8 Å². The summed E-state index contributed by atoms with van der Waals surface area (Å²) in [6.45, 7) is 16.3. The maximum absolute atomic E-state index is 14.5. The van der Waals surface area contributed by atoms with Gasteiger partial charge in [0.2, 0.25) is 0 Å². The first-order valence-corrected chi connectivity index (χ1v) is 16.2. The third kappa shape index (κ3) is 7.22. The third-order valence-electron chi connectivity index (χ3n) is 8.58. The number of hydrogen-bond donors (Lipinski definition) is 0. The molecule has 0 atom stereocenters. The normalized spacial score (nSPS) is 12.9. The zero-order valence-corrected chi connectivity index (χ0v) is 29.2. The Labute approximate surface area is 288 Å². The van der Waals surface area contributed by atoms with Gasteiger partial charge in [-0.25, -0.2) is 14.1 Å². The number of hydrogen-bond acceptors (Lipinski definition) is 6. The monoisotopic (exact) mass is 685 g/mol. The molecular formula is C37H39F4N9. The van der Waals surface area contributed by atoms with Crippen molar-refractivity contribution in [3.05, 3.63) is 113 Å². The molecule has 9 nitrogen and oxygen atoms in total. The molecule has 0 aliphatic rings. The minimum Gasteiger partial charge on any atom is -0.220 e. The fourth-order valence-electron chi connectivity index (χ4n) is 5.75. The van der Waals surface area contributed by atoms with E-state index in [9.17, 15) is 17.6 Å². The maximum atomic E-state index is 14.5. The lowest BCUT2D eigenvalue weighted by atomic mass is 9.80. The Hall–Kier alpha value is -5.20. The molecule has 0 amide bonds. The third-order valence-corrected chi connectivity index (χ3v) is 8.58. The molecule has 0 spiro atoms. The van der Waals surface area contributed by atoms with Crippen molar-refractivity contribution in [3.8, 4) is 28.3 Å². The lowest BCUT2D eigenvalue weighted by Gasteiger charge is -2.24. The second-order valence-electron chi connectivity index (χ2n) is 15.2. The van der Waals surface area contributed by atoms with Gasteiger partial charge in [0.25, 0.3) is 5.82 Å². The lowest BCUT2D eigenvalue weighted by Crippen LogP contribution is -2.21. The van der Waals surface area contributed by atoms with E-state index in [0.717, 1.165) is 44.6 Å². The summed E-state index contributed by atoms with van der Waals surface area (Å²) in [7, 11) is 0. The van der Waals surface area contributed by atoms with E-state index in [2.05, 4.69) is 39.2 Å². The Morgan fingerprint density at radius 1 is 0.680 bits per heavy atom. The van der Waals surface area contributed by atoms with Crippen LogP contribution in [0.3, 0.4) is 0 Å². The minimum absolute atomic E-state index is 0.226. The first-order valence-electron chi connectivity index (χ1n) is 16.2. The van der Waals surface area contributed by atoms with Crippen LogP contribution in [0.15, 0.2) is 79.4 Å². The van der Waals surface area contributed by atoms with Crippen molar-refractivity contribution in [2.24, 2.45) is 0 Å². The standard InChI is InChI=1S/C37H39F4N9/c1-34(2,3)25-15-26(38)18-29(17-25)50-43-20-27(45-50)19-36(7,8)24-10-9-11-28(16-24)49-44-21-31(46-49)23-12-13-32(30(14-23)35(4,5)6)48-22-42-33(47-48)37(39,40)41/h9-18,20-22H,19H2,1-8H3. The van der Waals surface area contributed by atoms with Gasteiger partial charge in [-0.3, -0.25) is 0 Å². The van der Waals surface area contributed by atoms with E-state index in [1.54, 1.807) is 35.4 Å². The number of aromatic nitrogens is 9. The van der Waals surface area contributed by atoms with Gasteiger partial charge in [0.1, 0.15) is 17.8 Å². The highest BCUT2D eigenvalue weighted by Gasteiger charge is 2.36. The molecule has 260 valence electrons. The zero-order valence-electron chi connectivity index (χ0n) is 29.2. The van der Waals surface area contributed by atoms with Crippen LogP contribution in [0.5, 0.6) is 0 Å². The average Bonchev–Trinajstić information content (AvgIpc) is 3.81. The number of rotatable bonds is 7. The van der Waals surface area contributed by atoms with E-state index in [4.69, 9.17) is 5.10 Å². The predicted octanol–water partition coefficient (Wildman–Crippen LogP) is 8.37. The van der Waals surface area contributed by atoms with Crippen molar-refractivity contribution in [2.45, 2.75) is 84.2 Å². The van der Waals surface area contributed by atoms with Gasteiger partial charge in [0.05, 0.1) is 35.1 Å². The van der Waals surface area contributed by atoms with E-state index >= 15 is 0 Å². The van der Waals surface area contributed by atoms with Gasteiger partial charge in [0, 0.05) is 18.1 Å². The number of halogens is 4.